The van der Waals surface area contributed by atoms with Gasteiger partial charge >= 0.3 is 0 Å². The Balaban J connectivity index is 2.80. The van der Waals surface area contributed by atoms with Gasteiger partial charge in [0.2, 0.25) is 0 Å². The van der Waals surface area contributed by atoms with Gasteiger partial charge in [-0.2, -0.15) is 0 Å². The smallest absolute Gasteiger partial charge is 0.152 e. The van der Waals surface area contributed by atoms with Crippen LogP contribution in [0.3, 0.4) is 0 Å². The molecule has 0 bridgehead atoms. The molecule has 0 radical (unpaired) electrons. The highest BCUT2D eigenvalue weighted by molar-refractivity contribution is 7.91. The van der Waals surface area contributed by atoms with Gasteiger partial charge < -0.3 is 5.32 Å². The van der Waals surface area contributed by atoms with Crippen molar-refractivity contribution in [3.63, 3.8) is 0 Å². The maximum Gasteiger partial charge on any atom is 0.152 e. The largest absolute Gasteiger partial charge is 0.316 e. The first-order valence-electron chi connectivity index (χ1n) is 7.04. The van der Waals surface area contributed by atoms with Crippen molar-refractivity contribution >= 4 is 9.84 Å². The number of hydrogen-bond acceptors (Lipinski definition) is 3. The average molecular weight is 301 g/mol. The lowest BCUT2D eigenvalue weighted by Gasteiger charge is -2.18. The minimum Gasteiger partial charge on any atom is -0.316 e. The van der Waals surface area contributed by atoms with Gasteiger partial charge in [-0.25, -0.2) is 12.8 Å². The summed E-state index contributed by atoms with van der Waals surface area (Å²) in [7, 11) is -3.06. The second kappa shape index (κ2) is 7.74. The third kappa shape index (κ3) is 5.21. The molecule has 5 heteroatoms. The summed E-state index contributed by atoms with van der Waals surface area (Å²) in [6, 6.07) is 6.41. The zero-order valence-corrected chi connectivity index (χ0v) is 13.2. The summed E-state index contributed by atoms with van der Waals surface area (Å²) < 4.78 is 37.1. The summed E-state index contributed by atoms with van der Waals surface area (Å²) in [4.78, 5) is 0. The molecule has 0 saturated carbocycles. The quantitative estimate of drug-likeness (QED) is 0.803. The predicted molar refractivity (Wildman–Crippen MR) is 81.2 cm³/mol. The lowest BCUT2D eigenvalue weighted by molar-refractivity contribution is 0.555. The summed E-state index contributed by atoms with van der Waals surface area (Å²) in [6.45, 7) is 6.84. The normalized spacial score (nSPS) is 13.7. The summed E-state index contributed by atoms with van der Waals surface area (Å²) in [6.07, 6.45) is 0.511. The van der Waals surface area contributed by atoms with Gasteiger partial charge in [-0.15, -0.1) is 0 Å². The number of sulfone groups is 1. The number of benzene rings is 1. The molecule has 0 aliphatic carbocycles. The first-order valence-corrected chi connectivity index (χ1v) is 8.76. The molecule has 0 aromatic heterocycles. The molecule has 0 aliphatic rings. The van der Waals surface area contributed by atoms with Crippen molar-refractivity contribution in [1.82, 2.24) is 5.32 Å². The van der Waals surface area contributed by atoms with Crippen LogP contribution in [0.5, 0.6) is 0 Å². The van der Waals surface area contributed by atoms with Gasteiger partial charge in [-0.05, 0) is 50.4 Å². The van der Waals surface area contributed by atoms with E-state index in [4.69, 9.17) is 0 Å². The minimum absolute atomic E-state index is 0.0131. The van der Waals surface area contributed by atoms with E-state index in [1.54, 1.807) is 19.9 Å². The molecular weight excluding hydrogens is 277 g/mol. The van der Waals surface area contributed by atoms with E-state index < -0.39 is 9.84 Å². The van der Waals surface area contributed by atoms with Crippen molar-refractivity contribution in [3.8, 4) is 0 Å². The molecule has 1 rings (SSSR count). The van der Waals surface area contributed by atoms with Crippen LogP contribution < -0.4 is 5.32 Å². The number of nitrogens with one attached hydrogen (secondary N) is 1. The highest BCUT2D eigenvalue weighted by Gasteiger charge is 2.20. The van der Waals surface area contributed by atoms with Crippen LogP contribution in [0.2, 0.25) is 0 Å². The maximum absolute atomic E-state index is 13.3. The topological polar surface area (TPSA) is 46.2 Å². The molecule has 0 spiro atoms. The predicted octanol–water partition coefficient (Wildman–Crippen LogP) is 2.73. The van der Waals surface area contributed by atoms with Crippen molar-refractivity contribution in [2.75, 3.05) is 18.8 Å². The Hall–Kier alpha value is -0.940. The molecule has 0 heterocycles. The number of likely N-dealkylation sites (N-methyl/N-ethyl adjacent to an activating group) is 1. The van der Waals surface area contributed by atoms with Crippen molar-refractivity contribution < 1.29 is 12.8 Å². The SMILES string of the molecule is CCNCC(CCS(=O)(=O)C(C)C)c1cccc(F)c1. The molecule has 1 unspecified atom stereocenters. The van der Waals surface area contributed by atoms with Gasteiger partial charge in [0.05, 0.1) is 11.0 Å². The number of hydrogen-bond donors (Lipinski definition) is 1. The Kier molecular flexibility index (Phi) is 6.62. The molecule has 1 aromatic rings. The fourth-order valence-electron chi connectivity index (χ4n) is 2.01. The highest BCUT2D eigenvalue weighted by atomic mass is 32.2. The third-order valence-electron chi connectivity index (χ3n) is 3.43. The average Bonchev–Trinajstić information content (AvgIpc) is 2.38. The van der Waals surface area contributed by atoms with Crippen molar-refractivity contribution in [1.29, 1.82) is 0 Å². The van der Waals surface area contributed by atoms with E-state index in [1.807, 2.05) is 13.0 Å². The molecule has 1 atom stereocenters. The molecule has 114 valence electrons. The van der Waals surface area contributed by atoms with E-state index in [-0.39, 0.29) is 22.7 Å². The van der Waals surface area contributed by atoms with Gasteiger partial charge in [0.1, 0.15) is 5.82 Å². The summed E-state index contributed by atoms with van der Waals surface area (Å²) >= 11 is 0. The first-order chi connectivity index (χ1) is 9.36. The van der Waals surface area contributed by atoms with Crippen LogP contribution in [-0.2, 0) is 9.84 Å². The van der Waals surface area contributed by atoms with Gasteiger partial charge in [-0.3, -0.25) is 0 Å². The molecule has 0 fully saturated rings. The fraction of sp³-hybridized carbons (Fsp3) is 0.600. The van der Waals surface area contributed by atoms with Crippen LogP contribution in [0.25, 0.3) is 0 Å². The summed E-state index contributed by atoms with van der Waals surface area (Å²) in [5.74, 6) is -0.132. The maximum atomic E-state index is 13.3. The van der Waals surface area contributed by atoms with Crippen molar-refractivity contribution in [2.45, 2.75) is 38.4 Å². The van der Waals surface area contributed by atoms with Crippen LogP contribution in [0.4, 0.5) is 4.39 Å². The van der Waals surface area contributed by atoms with Gasteiger partial charge in [0.15, 0.2) is 9.84 Å². The van der Waals surface area contributed by atoms with E-state index in [9.17, 15) is 12.8 Å². The van der Waals surface area contributed by atoms with E-state index in [0.717, 1.165) is 12.1 Å². The number of rotatable bonds is 8. The lowest BCUT2D eigenvalue weighted by atomic mass is 9.96. The molecule has 0 saturated heterocycles. The zero-order valence-electron chi connectivity index (χ0n) is 12.4. The Morgan fingerprint density at radius 3 is 2.55 bits per heavy atom. The monoisotopic (exact) mass is 301 g/mol. The van der Waals surface area contributed by atoms with Crippen LogP contribution in [0, 0.1) is 5.82 Å². The van der Waals surface area contributed by atoms with Gasteiger partial charge in [0, 0.05) is 6.54 Å². The Morgan fingerprint density at radius 2 is 2.00 bits per heavy atom. The molecule has 3 nitrogen and oxygen atoms in total. The van der Waals surface area contributed by atoms with Crippen molar-refractivity contribution in [3.05, 3.63) is 35.6 Å². The highest BCUT2D eigenvalue weighted by Crippen LogP contribution is 2.21. The van der Waals surface area contributed by atoms with E-state index >= 15 is 0 Å². The van der Waals surface area contributed by atoms with Gasteiger partial charge in [-0.1, -0.05) is 19.1 Å². The van der Waals surface area contributed by atoms with Crippen LogP contribution in [-0.4, -0.2) is 32.5 Å². The molecule has 0 aliphatic heterocycles. The summed E-state index contributed by atoms with van der Waals surface area (Å²) in [5.41, 5.74) is 0.852. The molecule has 1 N–H and O–H groups in total. The van der Waals surface area contributed by atoms with E-state index in [2.05, 4.69) is 5.32 Å². The zero-order chi connectivity index (χ0) is 15.2. The Bertz CT molecular complexity index is 514. The van der Waals surface area contributed by atoms with E-state index in [0.29, 0.717) is 13.0 Å². The minimum atomic E-state index is -3.06. The molecule has 1 aromatic carbocycles. The van der Waals surface area contributed by atoms with Crippen LogP contribution in [0.15, 0.2) is 24.3 Å². The third-order valence-corrected chi connectivity index (χ3v) is 5.67. The standard InChI is InChI=1S/C15H24FNO2S/c1-4-17-11-14(8-9-20(18,19)12(2)3)13-6-5-7-15(16)10-13/h5-7,10,12,14,17H,4,8-9,11H2,1-3H3. The summed E-state index contributed by atoms with van der Waals surface area (Å²) in [5, 5.41) is 2.85. The van der Waals surface area contributed by atoms with Crippen LogP contribution >= 0.6 is 0 Å². The lowest BCUT2D eigenvalue weighted by Crippen LogP contribution is -2.25. The van der Waals surface area contributed by atoms with Crippen molar-refractivity contribution in [2.24, 2.45) is 0 Å². The second-order valence-corrected chi connectivity index (χ2v) is 7.94. The molecule has 0 amide bonds. The second-order valence-electron chi connectivity index (χ2n) is 5.26. The van der Waals surface area contributed by atoms with Crippen LogP contribution in [0.1, 0.15) is 38.7 Å². The fourth-order valence-corrected chi connectivity index (χ4v) is 3.09. The first kappa shape index (κ1) is 17.1. The molecular formula is C15H24FNO2S. The number of halogens is 1. The van der Waals surface area contributed by atoms with Gasteiger partial charge in [0.25, 0.3) is 0 Å². The Morgan fingerprint density at radius 1 is 1.30 bits per heavy atom. The Labute approximate surface area is 121 Å². The molecule has 20 heavy (non-hydrogen) atoms. The van der Waals surface area contributed by atoms with E-state index in [1.165, 1.54) is 12.1 Å².